The fraction of sp³-hybridized carbons (Fsp3) is 0.0714. The second kappa shape index (κ2) is 6.12. The molecule has 0 saturated heterocycles. The van der Waals surface area contributed by atoms with Gasteiger partial charge < -0.3 is 10.1 Å². The number of non-ortho nitro benzene ring substituents is 1. The summed E-state index contributed by atoms with van der Waals surface area (Å²) in [6.07, 6.45) is 0. The molecule has 6 heteroatoms. The summed E-state index contributed by atoms with van der Waals surface area (Å²) in [6.45, 7) is 0. The van der Waals surface area contributed by atoms with Crippen molar-refractivity contribution in [2.24, 2.45) is 0 Å². The van der Waals surface area contributed by atoms with Crippen LogP contribution in [0, 0.1) is 10.1 Å². The molecule has 1 N–H and O–H groups in total. The summed E-state index contributed by atoms with van der Waals surface area (Å²) < 4.78 is 5.22. The molecule has 0 heterocycles. The van der Waals surface area contributed by atoms with Crippen molar-refractivity contribution in [1.29, 1.82) is 0 Å². The fourth-order valence-electron chi connectivity index (χ4n) is 1.68. The standard InChI is InChI=1S/C14H12N2O3S/c1-19-13-5-3-2-4-12(13)15-14(20)10-6-8-11(9-7-10)16(17)18/h2-9H,1H3,(H,15,20). The molecular weight excluding hydrogens is 276 g/mol. The van der Waals surface area contributed by atoms with E-state index in [4.69, 9.17) is 17.0 Å². The van der Waals surface area contributed by atoms with Crippen LogP contribution in [0.5, 0.6) is 5.75 Å². The van der Waals surface area contributed by atoms with Crippen LogP contribution in [0.25, 0.3) is 0 Å². The Balaban J connectivity index is 2.17. The van der Waals surface area contributed by atoms with E-state index >= 15 is 0 Å². The lowest BCUT2D eigenvalue weighted by Gasteiger charge is -2.11. The maximum Gasteiger partial charge on any atom is 0.269 e. The molecule has 0 aliphatic heterocycles. The van der Waals surface area contributed by atoms with Gasteiger partial charge in [-0.3, -0.25) is 10.1 Å². The van der Waals surface area contributed by atoms with Crippen LogP contribution in [-0.2, 0) is 0 Å². The minimum Gasteiger partial charge on any atom is -0.495 e. The Hall–Kier alpha value is -2.47. The molecule has 0 aromatic heterocycles. The van der Waals surface area contributed by atoms with Crippen LogP contribution in [0.3, 0.4) is 0 Å². The van der Waals surface area contributed by atoms with E-state index in [-0.39, 0.29) is 5.69 Å². The average Bonchev–Trinajstić information content (AvgIpc) is 2.48. The second-order valence-corrected chi connectivity index (χ2v) is 4.37. The van der Waals surface area contributed by atoms with Crippen molar-refractivity contribution in [2.75, 3.05) is 12.4 Å². The average molecular weight is 288 g/mol. The Morgan fingerprint density at radius 3 is 2.45 bits per heavy atom. The van der Waals surface area contributed by atoms with E-state index in [1.807, 2.05) is 24.3 Å². The molecule has 5 nitrogen and oxygen atoms in total. The highest BCUT2D eigenvalue weighted by atomic mass is 32.1. The molecule has 0 spiro atoms. The van der Waals surface area contributed by atoms with Crippen molar-refractivity contribution >= 4 is 28.6 Å². The Morgan fingerprint density at radius 2 is 1.85 bits per heavy atom. The van der Waals surface area contributed by atoms with Crippen LogP contribution >= 0.6 is 12.2 Å². The maximum absolute atomic E-state index is 10.6. The molecule has 102 valence electrons. The SMILES string of the molecule is COc1ccccc1NC(=S)c1ccc([N+](=O)[O-])cc1. The summed E-state index contributed by atoms with van der Waals surface area (Å²) >= 11 is 5.28. The van der Waals surface area contributed by atoms with Gasteiger partial charge in [-0.2, -0.15) is 0 Å². The van der Waals surface area contributed by atoms with Crippen molar-refractivity contribution in [3.8, 4) is 5.75 Å². The van der Waals surface area contributed by atoms with Gasteiger partial charge >= 0.3 is 0 Å². The number of hydrogen-bond acceptors (Lipinski definition) is 4. The number of thiocarbonyl (C=S) groups is 1. The molecule has 0 amide bonds. The van der Waals surface area contributed by atoms with Gasteiger partial charge in [0.15, 0.2) is 0 Å². The molecule has 2 aromatic carbocycles. The van der Waals surface area contributed by atoms with Crippen molar-refractivity contribution < 1.29 is 9.66 Å². The minimum absolute atomic E-state index is 0.0360. The zero-order valence-electron chi connectivity index (χ0n) is 10.7. The number of anilines is 1. The number of methoxy groups -OCH3 is 1. The van der Waals surface area contributed by atoms with Crippen LogP contribution in [-0.4, -0.2) is 17.0 Å². The van der Waals surface area contributed by atoms with Gasteiger partial charge in [0.2, 0.25) is 0 Å². The molecule has 0 aliphatic rings. The number of nitrogens with one attached hydrogen (secondary N) is 1. The molecule has 0 saturated carbocycles. The van der Waals surface area contributed by atoms with E-state index in [9.17, 15) is 10.1 Å². The largest absolute Gasteiger partial charge is 0.495 e. The Morgan fingerprint density at radius 1 is 1.20 bits per heavy atom. The molecule has 0 unspecified atom stereocenters. The smallest absolute Gasteiger partial charge is 0.269 e. The Bertz CT molecular complexity index is 641. The fourth-order valence-corrected chi connectivity index (χ4v) is 1.92. The monoisotopic (exact) mass is 288 g/mol. The molecule has 0 radical (unpaired) electrons. The maximum atomic E-state index is 10.6. The van der Waals surface area contributed by atoms with Gasteiger partial charge in [0.05, 0.1) is 17.7 Å². The van der Waals surface area contributed by atoms with Crippen LogP contribution in [0.2, 0.25) is 0 Å². The third-order valence-electron chi connectivity index (χ3n) is 2.70. The Labute approximate surface area is 121 Å². The van der Waals surface area contributed by atoms with Gasteiger partial charge in [-0.05, 0) is 24.3 Å². The summed E-state index contributed by atoms with van der Waals surface area (Å²) in [5, 5.41) is 13.7. The van der Waals surface area contributed by atoms with Gasteiger partial charge in [-0.1, -0.05) is 24.4 Å². The normalized spacial score (nSPS) is 9.85. The van der Waals surface area contributed by atoms with Crippen molar-refractivity contribution in [1.82, 2.24) is 0 Å². The predicted octanol–water partition coefficient (Wildman–Crippen LogP) is 3.39. The molecule has 0 fully saturated rings. The lowest BCUT2D eigenvalue weighted by molar-refractivity contribution is -0.384. The first-order valence-corrected chi connectivity index (χ1v) is 6.21. The number of nitro benzene ring substituents is 1. The van der Waals surface area contributed by atoms with Crippen molar-refractivity contribution in [2.45, 2.75) is 0 Å². The zero-order chi connectivity index (χ0) is 14.5. The number of ether oxygens (including phenoxy) is 1. The van der Waals surface area contributed by atoms with E-state index in [0.29, 0.717) is 16.3 Å². The van der Waals surface area contributed by atoms with E-state index < -0.39 is 4.92 Å². The van der Waals surface area contributed by atoms with Gasteiger partial charge in [0.25, 0.3) is 5.69 Å². The van der Waals surface area contributed by atoms with Gasteiger partial charge in [0.1, 0.15) is 10.7 Å². The van der Waals surface area contributed by atoms with E-state index in [0.717, 1.165) is 5.69 Å². The highest BCUT2D eigenvalue weighted by Gasteiger charge is 2.08. The molecule has 0 aliphatic carbocycles. The lowest BCUT2D eigenvalue weighted by Crippen LogP contribution is -2.11. The van der Waals surface area contributed by atoms with Crippen molar-refractivity contribution in [3.05, 3.63) is 64.2 Å². The molecule has 0 bridgehead atoms. The number of hydrogen-bond donors (Lipinski definition) is 1. The molecule has 2 rings (SSSR count). The highest BCUT2D eigenvalue weighted by molar-refractivity contribution is 7.81. The number of benzene rings is 2. The molecular formula is C14H12N2O3S. The Kier molecular flexibility index (Phi) is 4.27. The highest BCUT2D eigenvalue weighted by Crippen LogP contribution is 2.24. The topological polar surface area (TPSA) is 64.4 Å². The van der Waals surface area contributed by atoms with E-state index in [1.54, 1.807) is 19.2 Å². The summed E-state index contributed by atoms with van der Waals surface area (Å²) in [5.74, 6) is 0.678. The van der Waals surface area contributed by atoms with Gasteiger partial charge in [0, 0.05) is 17.7 Å². The van der Waals surface area contributed by atoms with Crippen molar-refractivity contribution in [3.63, 3.8) is 0 Å². The van der Waals surface area contributed by atoms with Crippen LogP contribution in [0.1, 0.15) is 5.56 Å². The van der Waals surface area contributed by atoms with Gasteiger partial charge in [-0.15, -0.1) is 0 Å². The minimum atomic E-state index is -0.444. The second-order valence-electron chi connectivity index (χ2n) is 3.96. The van der Waals surface area contributed by atoms with Gasteiger partial charge in [-0.25, -0.2) is 0 Å². The number of nitro groups is 1. The quantitative estimate of drug-likeness (QED) is 0.530. The summed E-state index contributed by atoms with van der Waals surface area (Å²) in [6, 6.07) is 13.5. The summed E-state index contributed by atoms with van der Waals surface area (Å²) in [4.78, 5) is 10.6. The third kappa shape index (κ3) is 3.10. The first-order chi connectivity index (χ1) is 9.61. The first-order valence-electron chi connectivity index (χ1n) is 5.80. The summed E-state index contributed by atoms with van der Waals surface area (Å²) in [7, 11) is 1.58. The number of nitrogens with zero attached hydrogens (tertiary/aromatic N) is 1. The number of para-hydroxylation sites is 2. The molecule has 2 aromatic rings. The van der Waals surface area contributed by atoms with Crippen LogP contribution < -0.4 is 10.1 Å². The van der Waals surface area contributed by atoms with E-state index in [2.05, 4.69) is 5.32 Å². The molecule has 0 atom stereocenters. The molecule has 20 heavy (non-hydrogen) atoms. The predicted molar refractivity (Wildman–Crippen MR) is 81.4 cm³/mol. The van der Waals surface area contributed by atoms with Crippen LogP contribution in [0.4, 0.5) is 11.4 Å². The van der Waals surface area contributed by atoms with E-state index in [1.165, 1.54) is 12.1 Å². The zero-order valence-corrected chi connectivity index (χ0v) is 11.5. The summed E-state index contributed by atoms with van der Waals surface area (Å²) in [5.41, 5.74) is 1.49. The van der Waals surface area contributed by atoms with Crippen LogP contribution in [0.15, 0.2) is 48.5 Å². The number of rotatable bonds is 4. The lowest BCUT2D eigenvalue weighted by atomic mass is 10.2. The third-order valence-corrected chi connectivity index (χ3v) is 3.03. The first kappa shape index (κ1) is 14.0.